The smallest absolute Gasteiger partial charge is 0.234 e. The van der Waals surface area contributed by atoms with Gasteiger partial charge in [-0.25, -0.2) is 0 Å². The van der Waals surface area contributed by atoms with Crippen LogP contribution in [0.25, 0.3) is 0 Å². The van der Waals surface area contributed by atoms with Gasteiger partial charge in [0.1, 0.15) is 5.75 Å². The van der Waals surface area contributed by atoms with E-state index < -0.39 is 0 Å². The minimum atomic E-state index is 0.0266. The normalized spacial score (nSPS) is 16.0. The van der Waals surface area contributed by atoms with Crippen LogP contribution < -0.4 is 15.0 Å². The van der Waals surface area contributed by atoms with Crippen LogP contribution in [0.4, 0.5) is 5.69 Å². The average Bonchev–Trinajstić information content (AvgIpc) is 2.69. The molecule has 1 heterocycles. The number of piperazine rings is 1. The summed E-state index contributed by atoms with van der Waals surface area (Å²) in [7, 11) is 1.68. The predicted molar refractivity (Wildman–Crippen MR) is 109 cm³/mol. The molecular weight excluding hydrogens is 338 g/mol. The highest BCUT2D eigenvalue weighted by molar-refractivity contribution is 5.78. The first-order chi connectivity index (χ1) is 13.0. The van der Waals surface area contributed by atoms with Gasteiger partial charge in [-0.05, 0) is 43.7 Å². The van der Waals surface area contributed by atoms with Crippen molar-refractivity contribution in [1.29, 1.82) is 0 Å². The largest absolute Gasteiger partial charge is 0.497 e. The molecule has 0 unspecified atom stereocenters. The van der Waals surface area contributed by atoms with Gasteiger partial charge in [-0.2, -0.15) is 0 Å². The van der Waals surface area contributed by atoms with Crippen LogP contribution >= 0.6 is 0 Å². The van der Waals surface area contributed by atoms with Gasteiger partial charge in [-0.15, -0.1) is 0 Å². The molecule has 0 aromatic heterocycles. The van der Waals surface area contributed by atoms with Crippen LogP contribution in [0.1, 0.15) is 24.1 Å². The Bertz CT molecular complexity index is 735. The molecule has 1 N–H and O–H groups in total. The number of anilines is 1. The number of rotatable bonds is 6. The van der Waals surface area contributed by atoms with Crippen LogP contribution in [0, 0.1) is 6.92 Å². The molecule has 0 bridgehead atoms. The Morgan fingerprint density at radius 3 is 2.26 bits per heavy atom. The Morgan fingerprint density at radius 1 is 1.04 bits per heavy atom. The number of ether oxygens (including phenoxy) is 1. The summed E-state index contributed by atoms with van der Waals surface area (Å²) in [5.41, 5.74) is 3.57. The number of carbonyl (C=O) groups excluding carboxylic acids is 1. The SMILES string of the molecule is COc1ccc(N2CCN(CC(=O)N[C@H](C)c3ccc(C)cc3)CC2)cc1. The zero-order valence-electron chi connectivity index (χ0n) is 16.4. The number of methoxy groups -OCH3 is 1. The van der Waals surface area contributed by atoms with Gasteiger partial charge in [0.05, 0.1) is 19.7 Å². The molecule has 2 aromatic carbocycles. The van der Waals surface area contributed by atoms with E-state index in [0.29, 0.717) is 6.54 Å². The first kappa shape index (κ1) is 19.2. The van der Waals surface area contributed by atoms with Gasteiger partial charge in [0.2, 0.25) is 5.91 Å². The maximum absolute atomic E-state index is 12.4. The Hall–Kier alpha value is -2.53. The number of nitrogens with zero attached hydrogens (tertiary/aromatic N) is 2. The minimum absolute atomic E-state index is 0.0266. The summed E-state index contributed by atoms with van der Waals surface area (Å²) in [6.07, 6.45) is 0. The maximum atomic E-state index is 12.4. The number of carbonyl (C=O) groups is 1. The van der Waals surface area contributed by atoms with Gasteiger partial charge in [0.25, 0.3) is 0 Å². The van der Waals surface area contributed by atoms with Gasteiger partial charge in [0.15, 0.2) is 0 Å². The zero-order valence-corrected chi connectivity index (χ0v) is 16.4. The minimum Gasteiger partial charge on any atom is -0.497 e. The molecule has 1 aliphatic rings. The van der Waals surface area contributed by atoms with E-state index in [1.165, 1.54) is 11.3 Å². The van der Waals surface area contributed by atoms with Crippen LogP contribution in [-0.2, 0) is 4.79 Å². The lowest BCUT2D eigenvalue weighted by Gasteiger charge is -2.36. The lowest BCUT2D eigenvalue weighted by Crippen LogP contribution is -2.49. The third-order valence-electron chi connectivity index (χ3n) is 5.13. The second-order valence-corrected chi connectivity index (χ2v) is 7.16. The van der Waals surface area contributed by atoms with Gasteiger partial charge in [-0.1, -0.05) is 29.8 Å². The van der Waals surface area contributed by atoms with Gasteiger partial charge >= 0.3 is 0 Å². The van der Waals surface area contributed by atoms with E-state index in [9.17, 15) is 4.79 Å². The van der Waals surface area contributed by atoms with Crippen molar-refractivity contribution >= 4 is 11.6 Å². The number of aryl methyl sites for hydroxylation is 1. The van der Waals surface area contributed by atoms with Crippen molar-refractivity contribution in [2.75, 3.05) is 44.7 Å². The van der Waals surface area contributed by atoms with Gasteiger partial charge in [0, 0.05) is 31.9 Å². The van der Waals surface area contributed by atoms with Crippen LogP contribution in [-0.4, -0.2) is 50.6 Å². The van der Waals surface area contributed by atoms with E-state index in [4.69, 9.17) is 4.74 Å². The second kappa shape index (κ2) is 8.91. The number of amides is 1. The summed E-state index contributed by atoms with van der Waals surface area (Å²) in [5.74, 6) is 0.956. The summed E-state index contributed by atoms with van der Waals surface area (Å²) in [6.45, 7) is 8.17. The zero-order chi connectivity index (χ0) is 19.2. The van der Waals surface area contributed by atoms with E-state index in [2.05, 4.69) is 58.4 Å². The van der Waals surface area contributed by atoms with E-state index in [1.54, 1.807) is 7.11 Å². The molecule has 1 fully saturated rings. The number of nitrogens with one attached hydrogen (secondary N) is 1. The molecule has 5 heteroatoms. The Labute approximate surface area is 161 Å². The molecule has 1 aliphatic heterocycles. The van der Waals surface area contributed by atoms with E-state index in [0.717, 1.165) is 37.5 Å². The Balaban J connectivity index is 1.45. The Morgan fingerprint density at radius 2 is 1.67 bits per heavy atom. The molecule has 0 aliphatic carbocycles. The highest BCUT2D eigenvalue weighted by Crippen LogP contribution is 2.20. The number of hydrogen-bond acceptors (Lipinski definition) is 4. The average molecular weight is 367 g/mol. The van der Waals surface area contributed by atoms with Crippen molar-refractivity contribution in [3.05, 3.63) is 59.7 Å². The van der Waals surface area contributed by atoms with Gasteiger partial charge < -0.3 is 15.0 Å². The van der Waals surface area contributed by atoms with Crippen molar-refractivity contribution in [3.8, 4) is 5.75 Å². The lowest BCUT2D eigenvalue weighted by atomic mass is 10.1. The highest BCUT2D eigenvalue weighted by Gasteiger charge is 2.20. The maximum Gasteiger partial charge on any atom is 0.234 e. The predicted octanol–water partition coefficient (Wildman–Crippen LogP) is 3.00. The van der Waals surface area contributed by atoms with E-state index >= 15 is 0 Å². The van der Waals surface area contributed by atoms with Crippen molar-refractivity contribution in [2.45, 2.75) is 19.9 Å². The van der Waals surface area contributed by atoms with Crippen LogP contribution in [0.2, 0.25) is 0 Å². The summed E-state index contributed by atoms with van der Waals surface area (Å²) in [5, 5.41) is 3.11. The molecule has 1 saturated heterocycles. The lowest BCUT2D eigenvalue weighted by molar-refractivity contribution is -0.123. The third-order valence-corrected chi connectivity index (χ3v) is 5.13. The van der Waals surface area contributed by atoms with Crippen LogP contribution in [0.5, 0.6) is 5.75 Å². The fourth-order valence-corrected chi connectivity index (χ4v) is 3.39. The standard InChI is InChI=1S/C22H29N3O2/c1-17-4-6-19(7-5-17)18(2)23-22(26)16-24-12-14-25(15-13-24)20-8-10-21(27-3)11-9-20/h4-11,18H,12-16H2,1-3H3,(H,23,26)/t18-/m1/s1. The summed E-state index contributed by atoms with van der Waals surface area (Å²) in [4.78, 5) is 17.0. The third kappa shape index (κ3) is 5.23. The molecule has 5 nitrogen and oxygen atoms in total. The first-order valence-corrected chi connectivity index (χ1v) is 9.52. The summed E-state index contributed by atoms with van der Waals surface area (Å²) < 4.78 is 5.22. The highest BCUT2D eigenvalue weighted by atomic mass is 16.5. The van der Waals surface area contributed by atoms with E-state index in [1.807, 2.05) is 19.1 Å². The molecular formula is C22H29N3O2. The summed E-state index contributed by atoms with van der Waals surface area (Å²) >= 11 is 0. The number of hydrogen-bond donors (Lipinski definition) is 1. The fraction of sp³-hybridized carbons (Fsp3) is 0.409. The topological polar surface area (TPSA) is 44.8 Å². The number of benzene rings is 2. The molecule has 0 saturated carbocycles. The van der Waals surface area contributed by atoms with Crippen molar-refractivity contribution in [2.24, 2.45) is 0 Å². The van der Waals surface area contributed by atoms with E-state index in [-0.39, 0.29) is 11.9 Å². The molecule has 144 valence electrons. The second-order valence-electron chi connectivity index (χ2n) is 7.16. The van der Waals surface area contributed by atoms with Crippen molar-refractivity contribution in [1.82, 2.24) is 10.2 Å². The van der Waals surface area contributed by atoms with Crippen LogP contribution in [0.3, 0.4) is 0 Å². The molecule has 3 rings (SSSR count). The molecule has 2 aromatic rings. The van der Waals surface area contributed by atoms with Crippen LogP contribution in [0.15, 0.2) is 48.5 Å². The molecule has 0 radical (unpaired) electrons. The van der Waals surface area contributed by atoms with Gasteiger partial charge in [-0.3, -0.25) is 9.69 Å². The monoisotopic (exact) mass is 367 g/mol. The van der Waals surface area contributed by atoms with Crippen molar-refractivity contribution < 1.29 is 9.53 Å². The van der Waals surface area contributed by atoms with Crippen molar-refractivity contribution in [3.63, 3.8) is 0 Å². The molecule has 1 atom stereocenters. The molecule has 27 heavy (non-hydrogen) atoms. The first-order valence-electron chi connectivity index (χ1n) is 9.52. The summed E-state index contributed by atoms with van der Waals surface area (Å²) in [6, 6.07) is 16.5. The fourth-order valence-electron chi connectivity index (χ4n) is 3.39. The Kier molecular flexibility index (Phi) is 6.35. The molecule has 0 spiro atoms. The molecule has 1 amide bonds. The quantitative estimate of drug-likeness (QED) is 0.853.